The summed E-state index contributed by atoms with van der Waals surface area (Å²) in [6, 6.07) is 4.28. The van der Waals surface area contributed by atoms with E-state index in [4.69, 9.17) is 0 Å². The van der Waals surface area contributed by atoms with Crippen LogP contribution < -0.4 is 10.6 Å². The summed E-state index contributed by atoms with van der Waals surface area (Å²) >= 11 is 0. The zero-order valence-electron chi connectivity index (χ0n) is 12.6. The zero-order valence-corrected chi connectivity index (χ0v) is 12.6. The number of aromatic nitrogens is 1. The van der Waals surface area contributed by atoms with Crippen LogP contribution in [-0.4, -0.2) is 23.5 Å². The lowest BCUT2D eigenvalue weighted by Gasteiger charge is -2.32. The number of hydrogen-bond donors (Lipinski definition) is 2. The van der Waals surface area contributed by atoms with E-state index in [-0.39, 0.29) is 5.91 Å². The van der Waals surface area contributed by atoms with Crippen molar-refractivity contribution in [3.8, 4) is 0 Å². The summed E-state index contributed by atoms with van der Waals surface area (Å²) in [6.45, 7) is 7.16. The summed E-state index contributed by atoms with van der Waals surface area (Å²) in [7, 11) is 0. The van der Waals surface area contributed by atoms with Crippen LogP contribution >= 0.6 is 0 Å². The highest BCUT2D eigenvalue weighted by Crippen LogP contribution is 2.30. The Bertz CT molecular complexity index is 451. The highest BCUT2D eigenvalue weighted by molar-refractivity contribution is 5.93. The maximum absolute atomic E-state index is 11.8. The van der Waals surface area contributed by atoms with Crippen molar-refractivity contribution in [2.75, 3.05) is 11.9 Å². The molecule has 4 nitrogen and oxygen atoms in total. The molecule has 1 aromatic heterocycles. The Kier molecular flexibility index (Phi) is 4.99. The van der Waals surface area contributed by atoms with Crippen molar-refractivity contribution in [3.05, 3.63) is 24.0 Å². The van der Waals surface area contributed by atoms with Crippen molar-refractivity contribution in [1.82, 2.24) is 10.3 Å². The third kappa shape index (κ3) is 3.95. The molecule has 2 unspecified atom stereocenters. The summed E-state index contributed by atoms with van der Waals surface area (Å²) in [5.74, 6) is 1.42. The third-order valence-corrected chi connectivity index (χ3v) is 3.88. The first kappa shape index (κ1) is 14.8. The minimum atomic E-state index is -0.110. The van der Waals surface area contributed by atoms with Crippen molar-refractivity contribution in [2.24, 2.45) is 11.8 Å². The molecule has 0 aromatic carbocycles. The van der Waals surface area contributed by atoms with Gasteiger partial charge in [-0.2, -0.15) is 0 Å². The van der Waals surface area contributed by atoms with E-state index in [2.05, 4.69) is 29.5 Å². The van der Waals surface area contributed by atoms with E-state index in [1.165, 1.54) is 19.3 Å². The molecule has 0 spiro atoms. The summed E-state index contributed by atoms with van der Waals surface area (Å²) in [4.78, 5) is 15.9. The van der Waals surface area contributed by atoms with Gasteiger partial charge < -0.3 is 10.6 Å². The second-order valence-electron chi connectivity index (χ2n) is 6.05. The van der Waals surface area contributed by atoms with Crippen molar-refractivity contribution in [3.63, 3.8) is 0 Å². The molecule has 0 aliphatic heterocycles. The zero-order chi connectivity index (χ0) is 14.5. The monoisotopic (exact) mass is 275 g/mol. The van der Waals surface area contributed by atoms with Crippen LogP contribution in [0.4, 0.5) is 5.69 Å². The van der Waals surface area contributed by atoms with Gasteiger partial charge in [0.25, 0.3) is 5.91 Å². The summed E-state index contributed by atoms with van der Waals surface area (Å²) < 4.78 is 0. The molecule has 2 N–H and O–H groups in total. The van der Waals surface area contributed by atoms with Crippen LogP contribution in [0.1, 0.15) is 50.5 Å². The van der Waals surface area contributed by atoms with Crippen molar-refractivity contribution < 1.29 is 4.79 Å². The minimum absolute atomic E-state index is 0.110. The predicted molar refractivity (Wildman–Crippen MR) is 81.8 cm³/mol. The van der Waals surface area contributed by atoms with E-state index in [0.29, 0.717) is 18.3 Å². The molecule has 110 valence electrons. The van der Waals surface area contributed by atoms with Gasteiger partial charge in [0.15, 0.2) is 0 Å². The number of nitrogens with one attached hydrogen (secondary N) is 2. The Morgan fingerprint density at radius 3 is 2.65 bits per heavy atom. The van der Waals surface area contributed by atoms with Gasteiger partial charge in [-0.3, -0.25) is 9.78 Å². The Morgan fingerprint density at radius 2 is 2.00 bits per heavy atom. The lowest BCUT2D eigenvalue weighted by Crippen LogP contribution is -2.30. The molecule has 2 atom stereocenters. The van der Waals surface area contributed by atoms with Gasteiger partial charge in [0, 0.05) is 24.5 Å². The summed E-state index contributed by atoms with van der Waals surface area (Å²) in [5, 5.41) is 6.34. The molecule has 1 aliphatic rings. The maximum atomic E-state index is 11.8. The molecule has 0 bridgehead atoms. The number of carbonyl (C=O) groups is 1. The van der Waals surface area contributed by atoms with Gasteiger partial charge in [0.1, 0.15) is 5.69 Å². The average molecular weight is 275 g/mol. The van der Waals surface area contributed by atoms with Gasteiger partial charge in [-0.25, -0.2) is 0 Å². The van der Waals surface area contributed by atoms with Crippen molar-refractivity contribution >= 4 is 11.6 Å². The Morgan fingerprint density at radius 1 is 1.30 bits per heavy atom. The van der Waals surface area contributed by atoms with Crippen molar-refractivity contribution in [1.29, 1.82) is 0 Å². The molecule has 20 heavy (non-hydrogen) atoms. The molecule has 1 saturated carbocycles. The number of nitrogens with zero attached hydrogens (tertiary/aromatic N) is 1. The van der Waals surface area contributed by atoms with Crippen LogP contribution in [0.3, 0.4) is 0 Å². The first-order valence-corrected chi connectivity index (χ1v) is 7.59. The van der Waals surface area contributed by atoms with Gasteiger partial charge in [-0.1, -0.05) is 13.8 Å². The third-order valence-electron chi connectivity index (χ3n) is 3.88. The quantitative estimate of drug-likeness (QED) is 0.888. The molecular weight excluding hydrogens is 250 g/mol. The van der Waals surface area contributed by atoms with Gasteiger partial charge >= 0.3 is 0 Å². The first-order valence-electron chi connectivity index (χ1n) is 7.59. The normalized spacial score (nSPS) is 26.1. The molecule has 4 heteroatoms. The standard InChI is InChI=1S/C16H25N3O/c1-4-17-16(20)15-10-13(5-6-18-15)19-14-8-11(2)7-12(3)9-14/h5-6,10-12,14H,4,7-9H2,1-3H3,(H,17,20)(H,18,19). The SMILES string of the molecule is CCNC(=O)c1cc(NC2CC(C)CC(C)C2)ccn1. The van der Waals surface area contributed by atoms with Gasteiger partial charge in [0.05, 0.1) is 0 Å². The molecule has 1 amide bonds. The fourth-order valence-electron chi connectivity index (χ4n) is 3.20. The minimum Gasteiger partial charge on any atom is -0.382 e. The predicted octanol–water partition coefficient (Wildman–Crippen LogP) is 3.07. The Labute approximate surface area is 121 Å². The smallest absolute Gasteiger partial charge is 0.269 e. The number of anilines is 1. The Hall–Kier alpha value is -1.58. The van der Waals surface area contributed by atoms with E-state index in [9.17, 15) is 4.79 Å². The fourth-order valence-corrected chi connectivity index (χ4v) is 3.20. The van der Waals surface area contributed by atoms with E-state index < -0.39 is 0 Å². The fraction of sp³-hybridized carbons (Fsp3) is 0.625. The Balaban J connectivity index is 2.02. The summed E-state index contributed by atoms with van der Waals surface area (Å²) in [5.41, 5.74) is 1.47. The topological polar surface area (TPSA) is 54.0 Å². The number of carbonyl (C=O) groups excluding carboxylic acids is 1. The van der Waals surface area contributed by atoms with Gasteiger partial charge in [-0.05, 0) is 50.2 Å². The number of amides is 1. The van der Waals surface area contributed by atoms with E-state index in [0.717, 1.165) is 17.5 Å². The van der Waals surface area contributed by atoms with Crippen LogP contribution in [0.15, 0.2) is 18.3 Å². The van der Waals surface area contributed by atoms with Crippen LogP contribution in [0, 0.1) is 11.8 Å². The maximum Gasteiger partial charge on any atom is 0.269 e. The molecule has 2 rings (SSSR count). The molecule has 0 saturated heterocycles. The van der Waals surface area contributed by atoms with Crippen LogP contribution in [0.25, 0.3) is 0 Å². The van der Waals surface area contributed by atoms with Crippen LogP contribution in [0.5, 0.6) is 0 Å². The highest BCUT2D eigenvalue weighted by atomic mass is 16.1. The van der Waals surface area contributed by atoms with Crippen molar-refractivity contribution in [2.45, 2.75) is 46.1 Å². The number of pyridine rings is 1. The molecule has 1 aliphatic carbocycles. The number of hydrogen-bond acceptors (Lipinski definition) is 3. The second-order valence-corrected chi connectivity index (χ2v) is 6.05. The van der Waals surface area contributed by atoms with E-state index in [1.807, 2.05) is 19.1 Å². The molecular formula is C16H25N3O. The molecule has 1 aromatic rings. The molecule has 1 fully saturated rings. The lowest BCUT2D eigenvalue weighted by atomic mass is 9.80. The molecule has 1 heterocycles. The second kappa shape index (κ2) is 6.73. The van der Waals surface area contributed by atoms with E-state index in [1.54, 1.807) is 6.20 Å². The first-order chi connectivity index (χ1) is 9.58. The van der Waals surface area contributed by atoms with Crippen LogP contribution in [-0.2, 0) is 0 Å². The lowest BCUT2D eigenvalue weighted by molar-refractivity contribution is 0.0951. The van der Waals surface area contributed by atoms with Gasteiger partial charge in [0.2, 0.25) is 0 Å². The largest absolute Gasteiger partial charge is 0.382 e. The van der Waals surface area contributed by atoms with Gasteiger partial charge in [-0.15, -0.1) is 0 Å². The van der Waals surface area contributed by atoms with E-state index >= 15 is 0 Å². The number of rotatable bonds is 4. The van der Waals surface area contributed by atoms with Crippen LogP contribution in [0.2, 0.25) is 0 Å². The highest BCUT2D eigenvalue weighted by Gasteiger charge is 2.23. The molecule has 0 radical (unpaired) electrons. The summed E-state index contributed by atoms with van der Waals surface area (Å²) in [6.07, 6.45) is 5.41. The average Bonchev–Trinajstić information content (AvgIpc) is 2.38.